The van der Waals surface area contributed by atoms with Crippen molar-refractivity contribution >= 4 is 17.3 Å². The molecule has 2 aromatic carbocycles. The first-order valence-electron chi connectivity index (χ1n) is 7.29. The zero-order chi connectivity index (χ0) is 16.5. The molecule has 2 heterocycles. The van der Waals surface area contributed by atoms with Gasteiger partial charge in [-0.25, -0.2) is 0 Å². The molecule has 1 atom stereocenters. The Morgan fingerprint density at radius 2 is 1.83 bits per heavy atom. The lowest BCUT2D eigenvalue weighted by atomic mass is 10.0. The number of aromatic nitrogens is 4. The second-order valence-electron chi connectivity index (χ2n) is 5.31. The smallest absolute Gasteiger partial charge is 0.269 e. The van der Waals surface area contributed by atoms with Gasteiger partial charge in [-0.2, -0.15) is 4.68 Å². The summed E-state index contributed by atoms with van der Waals surface area (Å²) in [5.41, 5.74) is 2.74. The van der Waals surface area contributed by atoms with E-state index in [1.165, 1.54) is 12.1 Å². The molecule has 24 heavy (non-hydrogen) atoms. The number of tetrazole rings is 1. The van der Waals surface area contributed by atoms with Crippen molar-refractivity contribution in [3.8, 4) is 0 Å². The van der Waals surface area contributed by atoms with Crippen LogP contribution in [0, 0.1) is 10.1 Å². The first-order valence-corrected chi connectivity index (χ1v) is 7.29. The highest BCUT2D eigenvalue weighted by Crippen LogP contribution is 2.31. The van der Waals surface area contributed by atoms with Gasteiger partial charge in [-0.3, -0.25) is 10.1 Å². The molecule has 1 aliphatic heterocycles. The minimum absolute atomic E-state index is 0.0552. The number of non-ortho nitro benzene ring substituents is 1. The van der Waals surface area contributed by atoms with Crippen LogP contribution in [-0.4, -0.2) is 25.1 Å². The number of allylic oxidation sites excluding steroid dienone is 1. The van der Waals surface area contributed by atoms with Crippen LogP contribution in [0.2, 0.25) is 0 Å². The zero-order valence-electron chi connectivity index (χ0n) is 12.4. The summed E-state index contributed by atoms with van der Waals surface area (Å²) in [4.78, 5) is 10.4. The molecule has 0 bridgehead atoms. The molecule has 1 aromatic heterocycles. The fraction of sp³-hybridized carbons (Fsp3) is 0.0625. The summed E-state index contributed by atoms with van der Waals surface area (Å²) in [6.07, 6.45) is 2.00. The Bertz CT molecular complexity index is 917. The monoisotopic (exact) mass is 320 g/mol. The van der Waals surface area contributed by atoms with Crippen LogP contribution < -0.4 is 5.32 Å². The van der Waals surface area contributed by atoms with Gasteiger partial charge in [0.25, 0.3) is 5.69 Å². The van der Waals surface area contributed by atoms with Crippen molar-refractivity contribution in [2.24, 2.45) is 0 Å². The van der Waals surface area contributed by atoms with Crippen LogP contribution >= 0.6 is 0 Å². The van der Waals surface area contributed by atoms with Crippen LogP contribution in [0.15, 0.2) is 60.7 Å². The quantitative estimate of drug-likeness (QED) is 0.588. The number of hydrogen-bond acceptors (Lipinski definition) is 6. The van der Waals surface area contributed by atoms with E-state index in [0.717, 1.165) is 16.8 Å². The minimum atomic E-state index is -0.417. The van der Waals surface area contributed by atoms with Crippen molar-refractivity contribution in [1.29, 1.82) is 0 Å². The number of benzene rings is 2. The van der Waals surface area contributed by atoms with E-state index in [2.05, 4.69) is 20.8 Å². The van der Waals surface area contributed by atoms with Crippen LogP contribution in [-0.2, 0) is 0 Å². The second-order valence-corrected chi connectivity index (χ2v) is 5.31. The molecule has 0 saturated heterocycles. The number of nitrogens with one attached hydrogen (secondary N) is 1. The molecule has 0 unspecified atom stereocenters. The highest BCUT2D eigenvalue weighted by atomic mass is 16.6. The van der Waals surface area contributed by atoms with Gasteiger partial charge in [-0.15, -0.1) is 0 Å². The van der Waals surface area contributed by atoms with Crippen molar-refractivity contribution in [2.75, 3.05) is 5.32 Å². The summed E-state index contributed by atoms with van der Waals surface area (Å²) in [6, 6.07) is 16.1. The molecular weight excluding hydrogens is 308 g/mol. The molecular formula is C16H12N6O2. The number of anilines is 1. The van der Waals surface area contributed by atoms with Gasteiger partial charge in [0.1, 0.15) is 6.04 Å². The third kappa shape index (κ3) is 2.39. The lowest BCUT2D eigenvalue weighted by molar-refractivity contribution is -0.384. The maximum Gasteiger partial charge on any atom is 0.269 e. The Hall–Kier alpha value is -3.55. The summed E-state index contributed by atoms with van der Waals surface area (Å²) in [5.74, 6) is 0.528. The lowest BCUT2D eigenvalue weighted by Gasteiger charge is -2.23. The van der Waals surface area contributed by atoms with E-state index in [9.17, 15) is 10.1 Å². The van der Waals surface area contributed by atoms with Gasteiger partial charge in [0.2, 0.25) is 5.95 Å². The first-order chi connectivity index (χ1) is 11.7. The number of nitro groups is 1. The number of rotatable bonds is 3. The molecule has 8 heteroatoms. The van der Waals surface area contributed by atoms with Crippen LogP contribution in [0.25, 0.3) is 5.70 Å². The summed E-state index contributed by atoms with van der Waals surface area (Å²) in [5, 5.41) is 25.7. The molecule has 1 aliphatic rings. The van der Waals surface area contributed by atoms with Crippen LogP contribution in [0.5, 0.6) is 0 Å². The zero-order valence-corrected chi connectivity index (χ0v) is 12.4. The van der Waals surface area contributed by atoms with Crippen LogP contribution in [0.1, 0.15) is 17.2 Å². The van der Waals surface area contributed by atoms with E-state index >= 15 is 0 Å². The van der Waals surface area contributed by atoms with Gasteiger partial charge in [-0.1, -0.05) is 35.4 Å². The van der Waals surface area contributed by atoms with Crippen molar-refractivity contribution in [3.05, 3.63) is 81.9 Å². The standard InChI is InChI=1S/C16H12N6O2/c23-22(24)13-8-6-11(7-9-13)14-10-15(12-4-2-1-3-5-12)21-16(17-14)18-19-20-21/h1-10,15H,(H,17,18,20)/t15-/m1/s1. The second kappa shape index (κ2) is 5.58. The van der Waals surface area contributed by atoms with Gasteiger partial charge in [-0.05, 0) is 39.8 Å². The molecule has 1 N–H and O–H groups in total. The predicted molar refractivity (Wildman–Crippen MR) is 87.1 cm³/mol. The van der Waals surface area contributed by atoms with Gasteiger partial charge in [0.15, 0.2) is 0 Å². The molecule has 0 spiro atoms. The molecule has 118 valence electrons. The van der Waals surface area contributed by atoms with E-state index in [4.69, 9.17) is 0 Å². The van der Waals surface area contributed by atoms with Gasteiger partial charge >= 0.3 is 0 Å². The topological polar surface area (TPSA) is 98.8 Å². The van der Waals surface area contributed by atoms with Crippen molar-refractivity contribution in [2.45, 2.75) is 6.04 Å². The Morgan fingerprint density at radius 1 is 1.08 bits per heavy atom. The van der Waals surface area contributed by atoms with Gasteiger partial charge in [0.05, 0.1) is 4.92 Å². The summed E-state index contributed by atoms with van der Waals surface area (Å²) in [6.45, 7) is 0. The van der Waals surface area contributed by atoms with Crippen molar-refractivity contribution in [3.63, 3.8) is 0 Å². The summed E-state index contributed by atoms with van der Waals surface area (Å²) >= 11 is 0. The molecule has 0 fully saturated rings. The number of fused-ring (bicyclic) bond motifs is 1. The van der Waals surface area contributed by atoms with E-state index in [-0.39, 0.29) is 11.7 Å². The van der Waals surface area contributed by atoms with Gasteiger partial charge in [0, 0.05) is 17.8 Å². The average Bonchev–Trinajstić information content (AvgIpc) is 3.10. The fourth-order valence-electron chi connectivity index (χ4n) is 2.67. The molecule has 4 rings (SSSR count). The van der Waals surface area contributed by atoms with Crippen LogP contribution in [0.4, 0.5) is 11.6 Å². The third-order valence-corrected chi connectivity index (χ3v) is 3.86. The minimum Gasteiger partial charge on any atom is -0.323 e. The fourth-order valence-corrected chi connectivity index (χ4v) is 2.67. The number of hydrogen-bond donors (Lipinski definition) is 1. The van der Waals surface area contributed by atoms with Gasteiger partial charge < -0.3 is 5.32 Å². The van der Waals surface area contributed by atoms with E-state index in [1.54, 1.807) is 16.8 Å². The van der Waals surface area contributed by atoms with Crippen LogP contribution in [0.3, 0.4) is 0 Å². The van der Waals surface area contributed by atoms with Crippen molar-refractivity contribution < 1.29 is 4.92 Å². The third-order valence-electron chi connectivity index (χ3n) is 3.86. The Kier molecular flexibility index (Phi) is 3.27. The number of nitro benzene ring substituents is 1. The first kappa shape index (κ1) is 14.1. The molecule has 0 saturated carbocycles. The Morgan fingerprint density at radius 3 is 2.54 bits per heavy atom. The molecule has 0 aliphatic carbocycles. The molecule has 8 nitrogen and oxygen atoms in total. The highest BCUT2D eigenvalue weighted by molar-refractivity contribution is 5.77. The maximum absolute atomic E-state index is 10.8. The molecule has 0 amide bonds. The Balaban J connectivity index is 1.76. The lowest BCUT2D eigenvalue weighted by Crippen LogP contribution is -2.20. The summed E-state index contributed by atoms with van der Waals surface area (Å²) in [7, 11) is 0. The van der Waals surface area contributed by atoms with E-state index < -0.39 is 4.92 Å². The molecule has 0 radical (unpaired) electrons. The SMILES string of the molecule is O=[N+]([O-])c1ccc(C2=C[C@H](c3ccccc3)n3nnnc3N2)cc1. The predicted octanol–water partition coefficient (Wildman–Crippen LogP) is 2.64. The normalized spacial score (nSPS) is 16.0. The average molecular weight is 320 g/mol. The maximum atomic E-state index is 10.8. The molecule has 3 aromatic rings. The largest absolute Gasteiger partial charge is 0.323 e. The summed E-state index contributed by atoms with van der Waals surface area (Å²) < 4.78 is 1.70. The number of nitrogens with zero attached hydrogens (tertiary/aromatic N) is 5. The van der Waals surface area contributed by atoms with Crippen molar-refractivity contribution in [1.82, 2.24) is 20.2 Å². The van der Waals surface area contributed by atoms with E-state index in [0.29, 0.717) is 5.95 Å². The van der Waals surface area contributed by atoms with E-state index in [1.807, 2.05) is 36.4 Å². The highest BCUT2D eigenvalue weighted by Gasteiger charge is 2.24. The Labute approximate surface area is 136 Å².